The van der Waals surface area contributed by atoms with Gasteiger partial charge in [0.15, 0.2) is 0 Å². The molecule has 0 aromatic carbocycles. The predicted molar refractivity (Wildman–Crippen MR) is 76.1 cm³/mol. The zero-order chi connectivity index (χ0) is 12.3. The lowest BCUT2D eigenvalue weighted by molar-refractivity contribution is 0.0468. The van der Waals surface area contributed by atoms with Gasteiger partial charge in [0.1, 0.15) is 0 Å². The molecular formula is C17H32. The van der Waals surface area contributed by atoms with Gasteiger partial charge >= 0.3 is 0 Å². The molecule has 2 fully saturated rings. The van der Waals surface area contributed by atoms with Crippen LogP contribution < -0.4 is 0 Å². The second kappa shape index (κ2) is 5.76. The molecule has 2 saturated carbocycles. The molecule has 0 heterocycles. The predicted octanol–water partition coefficient (Wildman–Crippen LogP) is 5.81. The minimum atomic E-state index is 0.532. The molecule has 0 amide bonds. The molecule has 2 aliphatic rings. The van der Waals surface area contributed by atoms with Gasteiger partial charge < -0.3 is 0 Å². The monoisotopic (exact) mass is 236 g/mol. The molecule has 2 rings (SSSR count). The fraction of sp³-hybridized carbons (Fsp3) is 1.00. The molecule has 0 N–H and O–H groups in total. The Morgan fingerprint density at radius 3 is 1.29 bits per heavy atom. The second-order valence-corrected chi connectivity index (χ2v) is 7.69. The quantitative estimate of drug-likeness (QED) is 0.567. The van der Waals surface area contributed by atoms with Crippen molar-refractivity contribution < 1.29 is 0 Å². The van der Waals surface area contributed by atoms with Crippen LogP contribution in [0.5, 0.6) is 0 Å². The SMILES string of the molecule is CC(C)(C)C(C1CCCCC1)C1CCCCC1. The summed E-state index contributed by atoms with van der Waals surface area (Å²) >= 11 is 0. The van der Waals surface area contributed by atoms with Crippen LogP contribution in [0, 0.1) is 23.2 Å². The van der Waals surface area contributed by atoms with Crippen LogP contribution in [0.15, 0.2) is 0 Å². The molecule has 0 bridgehead atoms. The highest BCUT2D eigenvalue weighted by Gasteiger charge is 2.38. The lowest BCUT2D eigenvalue weighted by Crippen LogP contribution is -2.36. The zero-order valence-corrected chi connectivity index (χ0v) is 12.3. The van der Waals surface area contributed by atoms with Gasteiger partial charge in [-0.25, -0.2) is 0 Å². The topological polar surface area (TPSA) is 0 Å². The van der Waals surface area contributed by atoms with Crippen LogP contribution in [-0.2, 0) is 0 Å². The first kappa shape index (κ1) is 13.4. The van der Waals surface area contributed by atoms with Gasteiger partial charge in [-0.2, -0.15) is 0 Å². The molecule has 0 radical (unpaired) electrons. The lowest BCUT2D eigenvalue weighted by Gasteiger charge is -2.45. The Labute approximate surface area is 109 Å². The highest BCUT2D eigenvalue weighted by atomic mass is 14.4. The van der Waals surface area contributed by atoms with Crippen molar-refractivity contribution in [3.63, 3.8) is 0 Å². The van der Waals surface area contributed by atoms with E-state index < -0.39 is 0 Å². The van der Waals surface area contributed by atoms with Gasteiger partial charge in [0.2, 0.25) is 0 Å². The van der Waals surface area contributed by atoms with E-state index in [-0.39, 0.29) is 0 Å². The molecule has 0 aliphatic heterocycles. The Morgan fingerprint density at radius 2 is 1.00 bits per heavy atom. The van der Waals surface area contributed by atoms with Gasteiger partial charge in [-0.15, -0.1) is 0 Å². The van der Waals surface area contributed by atoms with Gasteiger partial charge in [0.25, 0.3) is 0 Å². The van der Waals surface area contributed by atoms with Gasteiger partial charge in [0.05, 0.1) is 0 Å². The summed E-state index contributed by atoms with van der Waals surface area (Å²) in [7, 11) is 0. The van der Waals surface area contributed by atoms with Crippen molar-refractivity contribution in [2.75, 3.05) is 0 Å². The average Bonchev–Trinajstić information content (AvgIpc) is 2.30. The maximum atomic E-state index is 2.50. The molecule has 0 nitrogen and oxygen atoms in total. The second-order valence-electron chi connectivity index (χ2n) is 7.69. The van der Waals surface area contributed by atoms with E-state index in [1.165, 1.54) is 64.2 Å². The van der Waals surface area contributed by atoms with Crippen LogP contribution in [0.2, 0.25) is 0 Å². The third-order valence-corrected chi connectivity index (χ3v) is 5.32. The van der Waals surface area contributed by atoms with E-state index in [9.17, 15) is 0 Å². The molecule has 0 unspecified atom stereocenters. The van der Waals surface area contributed by atoms with Crippen molar-refractivity contribution in [3.8, 4) is 0 Å². The summed E-state index contributed by atoms with van der Waals surface area (Å²) in [6, 6.07) is 0. The Bertz CT molecular complexity index is 193. The summed E-state index contributed by atoms with van der Waals surface area (Å²) in [5.41, 5.74) is 0.532. The highest BCUT2D eigenvalue weighted by molar-refractivity contribution is 4.88. The normalized spacial score (nSPS) is 25.4. The summed E-state index contributed by atoms with van der Waals surface area (Å²) in [4.78, 5) is 0. The number of rotatable bonds is 2. The molecule has 0 heteroatoms. The fourth-order valence-corrected chi connectivity index (χ4v) is 4.79. The van der Waals surface area contributed by atoms with Crippen molar-refractivity contribution in [2.45, 2.75) is 85.0 Å². The van der Waals surface area contributed by atoms with Crippen LogP contribution >= 0.6 is 0 Å². The number of hydrogen-bond acceptors (Lipinski definition) is 0. The summed E-state index contributed by atoms with van der Waals surface area (Å²) in [6.45, 7) is 7.50. The van der Waals surface area contributed by atoms with Crippen LogP contribution in [-0.4, -0.2) is 0 Å². The van der Waals surface area contributed by atoms with Crippen molar-refractivity contribution in [3.05, 3.63) is 0 Å². The van der Waals surface area contributed by atoms with Gasteiger partial charge in [0, 0.05) is 0 Å². The number of hydrogen-bond donors (Lipinski definition) is 0. The third kappa shape index (κ3) is 3.48. The van der Waals surface area contributed by atoms with Crippen LogP contribution in [0.25, 0.3) is 0 Å². The van der Waals surface area contributed by atoms with E-state index in [1.54, 1.807) is 0 Å². The highest BCUT2D eigenvalue weighted by Crippen LogP contribution is 2.48. The Hall–Kier alpha value is 0. The summed E-state index contributed by atoms with van der Waals surface area (Å²) in [5.74, 6) is 3.10. The van der Waals surface area contributed by atoms with E-state index in [2.05, 4.69) is 20.8 Å². The zero-order valence-electron chi connectivity index (χ0n) is 12.3. The Kier molecular flexibility index (Phi) is 4.55. The molecule has 0 atom stereocenters. The molecule has 0 spiro atoms. The third-order valence-electron chi connectivity index (χ3n) is 5.32. The van der Waals surface area contributed by atoms with Crippen molar-refractivity contribution in [1.29, 1.82) is 0 Å². The minimum Gasteiger partial charge on any atom is -0.0599 e. The molecular weight excluding hydrogens is 204 g/mol. The van der Waals surface area contributed by atoms with Crippen molar-refractivity contribution in [1.82, 2.24) is 0 Å². The van der Waals surface area contributed by atoms with Crippen LogP contribution in [0.4, 0.5) is 0 Å². The largest absolute Gasteiger partial charge is 0.0599 e. The van der Waals surface area contributed by atoms with E-state index in [0.717, 1.165) is 17.8 Å². The summed E-state index contributed by atoms with van der Waals surface area (Å²) < 4.78 is 0. The average molecular weight is 236 g/mol. The molecule has 0 aromatic rings. The first-order valence-electron chi connectivity index (χ1n) is 8.09. The van der Waals surface area contributed by atoms with Gasteiger partial charge in [-0.05, 0) is 23.2 Å². The van der Waals surface area contributed by atoms with E-state index in [0.29, 0.717) is 5.41 Å². The van der Waals surface area contributed by atoms with Crippen molar-refractivity contribution in [2.24, 2.45) is 23.2 Å². The maximum absolute atomic E-state index is 2.50. The standard InChI is InChI=1S/C17H32/c1-17(2,3)16(14-10-6-4-7-11-14)15-12-8-5-9-13-15/h14-16H,4-13H2,1-3H3. The maximum Gasteiger partial charge on any atom is -0.0309 e. The lowest BCUT2D eigenvalue weighted by atomic mass is 9.60. The van der Waals surface area contributed by atoms with Gasteiger partial charge in [-0.3, -0.25) is 0 Å². The van der Waals surface area contributed by atoms with E-state index in [4.69, 9.17) is 0 Å². The Balaban J connectivity index is 2.06. The van der Waals surface area contributed by atoms with Gasteiger partial charge in [-0.1, -0.05) is 85.0 Å². The van der Waals surface area contributed by atoms with E-state index >= 15 is 0 Å². The summed E-state index contributed by atoms with van der Waals surface area (Å²) in [5, 5.41) is 0. The molecule has 2 aliphatic carbocycles. The molecule has 0 aromatic heterocycles. The fourth-order valence-electron chi connectivity index (χ4n) is 4.79. The molecule has 17 heavy (non-hydrogen) atoms. The smallest absolute Gasteiger partial charge is 0.0309 e. The first-order valence-corrected chi connectivity index (χ1v) is 8.09. The van der Waals surface area contributed by atoms with Crippen molar-refractivity contribution >= 4 is 0 Å². The van der Waals surface area contributed by atoms with E-state index in [1.807, 2.05) is 0 Å². The first-order chi connectivity index (χ1) is 8.09. The van der Waals surface area contributed by atoms with Crippen LogP contribution in [0.1, 0.15) is 85.0 Å². The molecule has 0 saturated heterocycles. The minimum absolute atomic E-state index is 0.532. The molecule has 100 valence electrons. The van der Waals surface area contributed by atoms with Crippen LogP contribution in [0.3, 0.4) is 0 Å². The Morgan fingerprint density at radius 1 is 0.647 bits per heavy atom. The summed E-state index contributed by atoms with van der Waals surface area (Å²) in [6.07, 6.45) is 15.1.